The van der Waals surface area contributed by atoms with Gasteiger partial charge in [0.05, 0.1) is 6.20 Å². The monoisotopic (exact) mass is 315 g/mol. The highest BCUT2D eigenvalue weighted by molar-refractivity contribution is 7.89. The number of sulfonamides is 1. The zero-order chi connectivity index (χ0) is 15.7. The second-order valence-electron chi connectivity index (χ2n) is 5.56. The van der Waals surface area contributed by atoms with Crippen molar-refractivity contribution >= 4 is 16.0 Å². The third-order valence-electron chi connectivity index (χ3n) is 4.45. The fourth-order valence-electron chi connectivity index (χ4n) is 2.78. The molecule has 0 atom stereocenters. The van der Waals surface area contributed by atoms with Gasteiger partial charge in [0.2, 0.25) is 10.0 Å². The number of hydrogen-bond acceptors (Lipinski definition) is 4. The molecular weight excluding hydrogens is 294 g/mol. The molecule has 1 aromatic rings. The van der Waals surface area contributed by atoms with Gasteiger partial charge >= 0.3 is 5.97 Å². The van der Waals surface area contributed by atoms with Crippen LogP contribution in [0, 0.1) is 5.41 Å². The van der Waals surface area contributed by atoms with Crippen molar-refractivity contribution < 1.29 is 18.3 Å². The highest BCUT2D eigenvalue weighted by atomic mass is 32.2. The van der Waals surface area contributed by atoms with Crippen LogP contribution in [0.25, 0.3) is 0 Å². The Kier molecular flexibility index (Phi) is 4.38. The second kappa shape index (κ2) is 5.76. The van der Waals surface area contributed by atoms with Crippen LogP contribution in [-0.2, 0) is 21.4 Å². The Balaban J connectivity index is 2.19. The summed E-state index contributed by atoms with van der Waals surface area (Å²) in [4.78, 5) is 10.7. The molecule has 1 aromatic heterocycles. The Morgan fingerprint density at radius 3 is 2.62 bits per heavy atom. The summed E-state index contributed by atoms with van der Waals surface area (Å²) in [5, 5.41) is 12.5. The summed E-state index contributed by atoms with van der Waals surface area (Å²) in [7, 11) is -3.59. The molecule has 1 fully saturated rings. The van der Waals surface area contributed by atoms with Gasteiger partial charge in [-0.05, 0) is 24.7 Å². The molecule has 118 valence electrons. The second-order valence-corrected chi connectivity index (χ2v) is 7.50. The summed E-state index contributed by atoms with van der Waals surface area (Å²) in [5.74, 6) is -1.06. The van der Waals surface area contributed by atoms with Crippen molar-refractivity contribution in [1.82, 2.24) is 14.1 Å². The van der Waals surface area contributed by atoms with E-state index in [1.807, 2.05) is 0 Å². The molecule has 8 heteroatoms. The number of carbonyl (C=O) groups is 1. The Hall–Kier alpha value is -1.41. The molecule has 7 nitrogen and oxygen atoms in total. The maximum atomic E-state index is 12.6. The quantitative estimate of drug-likeness (QED) is 0.850. The summed E-state index contributed by atoms with van der Waals surface area (Å²) in [6.45, 7) is 4.86. The van der Waals surface area contributed by atoms with Gasteiger partial charge in [0.1, 0.15) is 11.4 Å². The van der Waals surface area contributed by atoms with Crippen molar-refractivity contribution in [2.24, 2.45) is 5.41 Å². The van der Waals surface area contributed by atoms with Gasteiger partial charge in [0.15, 0.2) is 0 Å². The van der Waals surface area contributed by atoms with Gasteiger partial charge < -0.3 is 5.11 Å². The number of rotatable bonds is 6. The summed E-state index contributed by atoms with van der Waals surface area (Å²) in [6.07, 6.45) is 5.27. The molecule has 21 heavy (non-hydrogen) atoms. The molecule has 0 aromatic carbocycles. The normalized spacial score (nSPS) is 19.0. The van der Waals surface area contributed by atoms with E-state index in [0.717, 1.165) is 23.9 Å². The fraction of sp³-hybridized carbons (Fsp3) is 0.692. The Labute approximate surface area is 124 Å². The summed E-state index contributed by atoms with van der Waals surface area (Å²) >= 11 is 0. The molecule has 1 N–H and O–H groups in total. The average Bonchev–Trinajstić information content (AvgIpc) is 3.05. The van der Waals surface area contributed by atoms with E-state index in [2.05, 4.69) is 18.9 Å². The molecule has 0 saturated carbocycles. The molecule has 0 radical (unpaired) electrons. The lowest BCUT2D eigenvalue weighted by Gasteiger charge is -2.26. The third kappa shape index (κ3) is 3.11. The van der Waals surface area contributed by atoms with Crippen LogP contribution in [0.5, 0.6) is 0 Å². The largest absolute Gasteiger partial charge is 0.480 e. The van der Waals surface area contributed by atoms with Crippen LogP contribution in [0.2, 0.25) is 0 Å². The lowest BCUT2D eigenvalue weighted by molar-refractivity contribution is -0.137. The number of hydrogen-bond donors (Lipinski definition) is 1. The molecule has 1 aliphatic rings. The molecular formula is C13H21N3O4S. The highest BCUT2D eigenvalue weighted by Crippen LogP contribution is 2.39. The van der Waals surface area contributed by atoms with Crippen molar-refractivity contribution in [3.8, 4) is 0 Å². The Morgan fingerprint density at radius 1 is 1.43 bits per heavy atom. The van der Waals surface area contributed by atoms with Gasteiger partial charge in [-0.2, -0.15) is 9.40 Å². The van der Waals surface area contributed by atoms with Crippen LogP contribution in [0.1, 0.15) is 33.1 Å². The van der Waals surface area contributed by atoms with Gasteiger partial charge in [-0.25, -0.2) is 8.42 Å². The molecule has 2 heterocycles. The van der Waals surface area contributed by atoms with E-state index in [-0.39, 0.29) is 16.9 Å². The van der Waals surface area contributed by atoms with Crippen molar-refractivity contribution in [1.29, 1.82) is 0 Å². The molecule has 0 aliphatic carbocycles. The predicted molar refractivity (Wildman–Crippen MR) is 76.3 cm³/mol. The van der Waals surface area contributed by atoms with Crippen molar-refractivity contribution in [3.63, 3.8) is 0 Å². The van der Waals surface area contributed by atoms with E-state index < -0.39 is 16.0 Å². The molecule has 0 spiro atoms. The van der Waals surface area contributed by atoms with Crippen LogP contribution in [0.3, 0.4) is 0 Å². The maximum Gasteiger partial charge on any atom is 0.325 e. The first-order valence-corrected chi connectivity index (χ1v) is 8.51. The fourth-order valence-corrected chi connectivity index (χ4v) is 4.29. The number of carboxylic acids is 1. The molecule has 1 saturated heterocycles. The average molecular weight is 315 g/mol. The molecule has 0 bridgehead atoms. The molecule has 0 unspecified atom stereocenters. The minimum absolute atomic E-state index is 0.0597. The van der Waals surface area contributed by atoms with E-state index in [4.69, 9.17) is 5.11 Å². The summed E-state index contributed by atoms with van der Waals surface area (Å²) in [5.41, 5.74) is 0.0597. The minimum Gasteiger partial charge on any atom is -0.480 e. The first kappa shape index (κ1) is 16.0. The van der Waals surface area contributed by atoms with Gasteiger partial charge in [-0.3, -0.25) is 9.48 Å². The van der Waals surface area contributed by atoms with Crippen molar-refractivity contribution in [3.05, 3.63) is 12.4 Å². The standard InChI is InChI=1S/C13H21N3O4S/c1-3-13(4-2)5-6-16(10-13)21(19,20)11-7-14-15(8-11)9-12(17)18/h7-8H,3-6,9-10H2,1-2H3,(H,17,18). The van der Waals surface area contributed by atoms with E-state index >= 15 is 0 Å². The van der Waals surface area contributed by atoms with Gasteiger partial charge in [-0.1, -0.05) is 13.8 Å². The number of nitrogens with zero attached hydrogens (tertiary/aromatic N) is 3. The number of aliphatic carboxylic acids is 1. The smallest absolute Gasteiger partial charge is 0.325 e. The first-order chi connectivity index (χ1) is 9.83. The Bertz CT molecular complexity index is 619. The molecule has 1 aliphatic heterocycles. The topological polar surface area (TPSA) is 92.5 Å². The van der Waals surface area contributed by atoms with E-state index in [9.17, 15) is 13.2 Å². The van der Waals surface area contributed by atoms with Gasteiger partial charge in [0.25, 0.3) is 0 Å². The van der Waals surface area contributed by atoms with Gasteiger partial charge in [0, 0.05) is 19.3 Å². The van der Waals surface area contributed by atoms with Crippen molar-refractivity contribution in [2.75, 3.05) is 13.1 Å². The van der Waals surface area contributed by atoms with E-state index in [1.165, 1.54) is 16.7 Å². The number of carboxylic acid groups (broad SMARTS) is 1. The van der Waals surface area contributed by atoms with E-state index in [1.54, 1.807) is 0 Å². The zero-order valence-corrected chi connectivity index (χ0v) is 13.1. The molecule has 2 rings (SSSR count). The van der Waals surface area contributed by atoms with E-state index in [0.29, 0.717) is 13.1 Å². The zero-order valence-electron chi connectivity index (χ0n) is 12.3. The lowest BCUT2D eigenvalue weighted by atomic mass is 9.82. The van der Waals surface area contributed by atoms with Crippen LogP contribution in [0.4, 0.5) is 0 Å². The SMILES string of the molecule is CCC1(CC)CCN(S(=O)(=O)c2cnn(CC(=O)O)c2)C1. The third-order valence-corrected chi connectivity index (χ3v) is 6.25. The molecule has 0 amide bonds. The highest BCUT2D eigenvalue weighted by Gasteiger charge is 2.40. The lowest BCUT2D eigenvalue weighted by Crippen LogP contribution is -2.31. The minimum atomic E-state index is -3.59. The van der Waals surface area contributed by atoms with Crippen LogP contribution in [0.15, 0.2) is 17.3 Å². The van der Waals surface area contributed by atoms with Crippen LogP contribution in [-0.4, -0.2) is 46.7 Å². The predicted octanol–water partition coefficient (Wildman–Crippen LogP) is 1.17. The van der Waals surface area contributed by atoms with Crippen molar-refractivity contribution in [2.45, 2.75) is 44.6 Å². The maximum absolute atomic E-state index is 12.6. The van der Waals surface area contributed by atoms with Crippen LogP contribution < -0.4 is 0 Å². The van der Waals surface area contributed by atoms with Crippen LogP contribution >= 0.6 is 0 Å². The first-order valence-electron chi connectivity index (χ1n) is 7.07. The number of aromatic nitrogens is 2. The Morgan fingerprint density at radius 2 is 2.10 bits per heavy atom. The summed E-state index contributed by atoms with van der Waals surface area (Å²) in [6, 6.07) is 0. The summed E-state index contributed by atoms with van der Waals surface area (Å²) < 4.78 is 27.8. The van der Waals surface area contributed by atoms with Gasteiger partial charge in [-0.15, -0.1) is 0 Å².